The van der Waals surface area contributed by atoms with Gasteiger partial charge < -0.3 is 9.84 Å². The molecular formula is C14H27NO4S. The predicted molar refractivity (Wildman–Crippen MR) is 82.1 cm³/mol. The summed E-state index contributed by atoms with van der Waals surface area (Å²) in [6.45, 7) is 5.74. The van der Waals surface area contributed by atoms with Crippen LogP contribution < -0.4 is 5.32 Å². The molecule has 0 amide bonds. The molecule has 118 valence electrons. The minimum Gasteiger partial charge on any atom is -0.480 e. The molecule has 0 heterocycles. The number of carbonyl (C=O) groups is 2. The lowest BCUT2D eigenvalue weighted by molar-refractivity contribution is -0.146. The van der Waals surface area contributed by atoms with Gasteiger partial charge in [-0.15, -0.1) is 0 Å². The molecule has 0 aromatic rings. The molecule has 6 heteroatoms. The van der Waals surface area contributed by atoms with Crippen molar-refractivity contribution in [2.24, 2.45) is 0 Å². The Hall–Kier alpha value is -0.750. The van der Waals surface area contributed by atoms with E-state index < -0.39 is 18.1 Å². The van der Waals surface area contributed by atoms with Crippen molar-refractivity contribution in [3.05, 3.63) is 0 Å². The van der Waals surface area contributed by atoms with Gasteiger partial charge in [-0.2, -0.15) is 11.8 Å². The predicted octanol–water partition coefficient (Wildman–Crippen LogP) is 2.29. The summed E-state index contributed by atoms with van der Waals surface area (Å²) in [7, 11) is 0. The first kappa shape index (κ1) is 19.2. The number of carboxylic acid groups (broad SMARTS) is 1. The van der Waals surface area contributed by atoms with E-state index in [4.69, 9.17) is 9.84 Å². The van der Waals surface area contributed by atoms with E-state index in [0.29, 0.717) is 12.4 Å². The van der Waals surface area contributed by atoms with E-state index >= 15 is 0 Å². The number of rotatable bonds is 12. The van der Waals surface area contributed by atoms with E-state index in [1.807, 2.05) is 0 Å². The summed E-state index contributed by atoms with van der Waals surface area (Å²) in [6.07, 6.45) is 4.76. The van der Waals surface area contributed by atoms with Crippen LogP contribution in [0.2, 0.25) is 0 Å². The fourth-order valence-electron chi connectivity index (χ4n) is 1.63. The molecule has 0 saturated carbocycles. The van der Waals surface area contributed by atoms with Crippen molar-refractivity contribution in [1.82, 2.24) is 5.32 Å². The third-order valence-electron chi connectivity index (χ3n) is 2.82. The molecule has 0 bridgehead atoms. The van der Waals surface area contributed by atoms with Crippen LogP contribution in [0.4, 0.5) is 0 Å². The molecule has 5 nitrogen and oxygen atoms in total. The molecule has 0 aromatic carbocycles. The average Bonchev–Trinajstić information content (AvgIpc) is 2.41. The molecule has 0 aliphatic heterocycles. The number of carboxylic acids is 1. The highest BCUT2D eigenvalue weighted by molar-refractivity contribution is 7.99. The van der Waals surface area contributed by atoms with Gasteiger partial charge in [0.2, 0.25) is 0 Å². The molecule has 0 fully saturated rings. The zero-order valence-electron chi connectivity index (χ0n) is 12.7. The van der Waals surface area contributed by atoms with Crippen LogP contribution in [-0.2, 0) is 14.3 Å². The molecule has 2 atom stereocenters. The van der Waals surface area contributed by atoms with Gasteiger partial charge in [-0.25, -0.2) is 0 Å². The van der Waals surface area contributed by atoms with Gasteiger partial charge in [0.15, 0.2) is 0 Å². The number of esters is 1. The minimum atomic E-state index is -0.966. The van der Waals surface area contributed by atoms with Crippen molar-refractivity contribution in [1.29, 1.82) is 0 Å². The van der Waals surface area contributed by atoms with E-state index in [2.05, 4.69) is 12.2 Å². The molecule has 0 aliphatic carbocycles. The van der Waals surface area contributed by atoms with Gasteiger partial charge in [-0.05, 0) is 26.0 Å². The first-order valence-electron chi connectivity index (χ1n) is 7.26. The fourth-order valence-corrected chi connectivity index (χ4v) is 2.68. The van der Waals surface area contributed by atoms with E-state index in [-0.39, 0.29) is 5.97 Å². The van der Waals surface area contributed by atoms with Gasteiger partial charge in [-0.1, -0.05) is 26.2 Å². The molecule has 0 radical (unpaired) electrons. The summed E-state index contributed by atoms with van der Waals surface area (Å²) in [4.78, 5) is 22.6. The summed E-state index contributed by atoms with van der Waals surface area (Å²) >= 11 is 1.66. The number of hydrogen-bond donors (Lipinski definition) is 2. The number of ether oxygens (including phenoxy) is 1. The van der Waals surface area contributed by atoms with E-state index in [0.717, 1.165) is 12.2 Å². The number of aliphatic carboxylic acids is 1. The standard InChI is InChI=1S/C14H27NO4S/c1-4-6-7-8-9-20-10-12(14(18)19-5-2)15-11(3)13(16)17/h11-12,15H,4-10H2,1-3H3,(H,16,17)/t11?,12-/m0/s1. The Morgan fingerprint density at radius 3 is 2.50 bits per heavy atom. The topological polar surface area (TPSA) is 75.6 Å². The Balaban J connectivity index is 4.11. The summed E-state index contributed by atoms with van der Waals surface area (Å²) in [5.74, 6) is 0.190. The molecule has 1 unspecified atom stereocenters. The van der Waals surface area contributed by atoms with E-state index in [1.54, 1.807) is 18.7 Å². The summed E-state index contributed by atoms with van der Waals surface area (Å²) in [5.41, 5.74) is 0. The Kier molecular flexibility index (Phi) is 11.6. The van der Waals surface area contributed by atoms with Crippen molar-refractivity contribution in [3.63, 3.8) is 0 Å². The smallest absolute Gasteiger partial charge is 0.324 e. The second-order valence-electron chi connectivity index (χ2n) is 4.67. The monoisotopic (exact) mass is 305 g/mol. The molecular weight excluding hydrogens is 278 g/mol. The van der Waals surface area contributed by atoms with E-state index in [9.17, 15) is 9.59 Å². The van der Waals surface area contributed by atoms with Gasteiger partial charge >= 0.3 is 11.9 Å². The third kappa shape index (κ3) is 9.20. The van der Waals surface area contributed by atoms with Gasteiger partial charge in [-0.3, -0.25) is 14.9 Å². The Morgan fingerprint density at radius 1 is 1.25 bits per heavy atom. The maximum absolute atomic E-state index is 11.8. The minimum absolute atomic E-state index is 0.305. The van der Waals surface area contributed by atoms with Crippen LogP contribution in [-0.4, -0.2) is 47.2 Å². The number of hydrogen-bond acceptors (Lipinski definition) is 5. The van der Waals surface area contributed by atoms with Crippen LogP contribution in [0.3, 0.4) is 0 Å². The second-order valence-corrected chi connectivity index (χ2v) is 5.82. The number of unbranched alkanes of at least 4 members (excludes halogenated alkanes) is 3. The fraction of sp³-hybridized carbons (Fsp3) is 0.857. The summed E-state index contributed by atoms with van der Waals surface area (Å²) < 4.78 is 4.97. The molecule has 0 saturated heterocycles. The van der Waals surface area contributed by atoms with Crippen molar-refractivity contribution in [2.45, 2.75) is 58.5 Å². The van der Waals surface area contributed by atoms with Crippen molar-refractivity contribution >= 4 is 23.7 Å². The van der Waals surface area contributed by atoms with Gasteiger partial charge in [0.1, 0.15) is 12.1 Å². The second kappa shape index (κ2) is 12.0. The zero-order chi connectivity index (χ0) is 15.4. The molecule has 20 heavy (non-hydrogen) atoms. The highest BCUT2D eigenvalue weighted by atomic mass is 32.2. The van der Waals surface area contributed by atoms with Crippen molar-refractivity contribution < 1.29 is 19.4 Å². The van der Waals surface area contributed by atoms with Crippen LogP contribution in [0.5, 0.6) is 0 Å². The van der Waals surface area contributed by atoms with Crippen LogP contribution in [0.25, 0.3) is 0 Å². The largest absolute Gasteiger partial charge is 0.480 e. The molecule has 0 aromatic heterocycles. The van der Waals surface area contributed by atoms with Crippen molar-refractivity contribution in [2.75, 3.05) is 18.1 Å². The molecule has 0 spiro atoms. The Labute approximate surface area is 125 Å². The van der Waals surface area contributed by atoms with Gasteiger partial charge in [0, 0.05) is 5.75 Å². The Bertz CT molecular complexity index is 286. The van der Waals surface area contributed by atoms with Crippen LogP contribution in [0.15, 0.2) is 0 Å². The highest BCUT2D eigenvalue weighted by Gasteiger charge is 2.24. The average molecular weight is 305 g/mol. The zero-order valence-corrected chi connectivity index (χ0v) is 13.5. The normalized spacial score (nSPS) is 13.8. The van der Waals surface area contributed by atoms with Crippen molar-refractivity contribution in [3.8, 4) is 0 Å². The lowest BCUT2D eigenvalue weighted by Gasteiger charge is -2.19. The number of carbonyl (C=O) groups excluding carboxylic acids is 1. The molecule has 0 aliphatic rings. The maximum Gasteiger partial charge on any atom is 0.324 e. The lowest BCUT2D eigenvalue weighted by atomic mass is 10.2. The maximum atomic E-state index is 11.8. The lowest BCUT2D eigenvalue weighted by Crippen LogP contribution is -2.47. The highest BCUT2D eigenvalue weighted by Crippen LogP contribution is 2.10. The quantitative estimate of drug-likeness (QED) is 0.425. The first-order valence-corrected chi connectivity index (χ1v) is 8.41. The summed E-state index contributed by atoms with van der Waals surface area (Å²) in [5, 5.41) is 11.7. The molecule has 2 N–H and O–H groups in total. The SMILES string of the molecule is CCCCCCSC[C@H](NC(C)C(=O)O)C(=O)OCC. The van der Waals surface area contributed by atoms with E-state index in [1.165, 1.54) is 26.2 Å². The van der Waals surface area contributed by atoms with Gasteiger partial charge in [0.05, 0.1) is 6.61 Å². The van der Waals surface area contributed by atoms with Crippen LogP contribution in [0.1, 0.15) is 46.5 Å². The number of nitrogens with one attached hydrogen (secondary N) is 1. The van der Waals surface area contributed by atoms with Crippen LogP contribution in [0, 0.1) is 0 Å². The summed E-state index contributed by atoms with van der Waals surface area (Å²) in [6, 6.07) is -1.32. The number of thioether (sulfide) groups is 1. The van der Waals surface area contributed by atoms with Crippen LogP contribution >= 0.6 is 11.8 Å². The molecule has 0 rings (SSSR count). The third-order valence-corrected chi connectivity index (χ3v) is 3.97. The van der Waals surface area contributed by atoms with Gasteiger partial charge in [0.25, 0.3) is 0 Å². The first-order chi connectivity index (χ1) is 9.52. The Morgan fingerprint density at radius 2 is 1.95 bits per heavy atom.